The van der Waals surface area contributed by atoms with E-state index in [1.165, 1.54) is 4.90 Å². The molecule has 3 N–H and O–H groups in total. The van der Waals surface area contributed by atoms with Crippen molar-refractivity contribution in [3.05, 3.63) is 0 Å². The molecule has 3 rings (SSSR count). The highest BCUT2D eigenvalue weighted by Gasteiger charge is 2.45. The van der Waals surface area contributed by atoms with Crippen molar-refractivity contribution in [3.63, 3.8) is 0 Å². The number of unbranched alkanes of at least 4 members (excludes halogenated alkanes) is 1. The highest BCUT2D eigenvalue weighted by Crippen LogP contribution is 2.37. The standard InChI is InChI=1S/C43H69N3O10/c1-6-8-19-34(41(44)53)45-38(50)21-20-36(48)40(52)30(14-7-2)23-37(49)35-25-32(55-27-39(51)56-43(3,4)5)26-46(35)42(54)33(29-17-10-9-11-18-29)24-31(47)22-28-15-12-13-16-28/h28-30,32-35H,6-27H2,1-5H3,(H2,44,53)(H,45,50)/t30?,32-,33?,34?,35+/m1/s1. The Balaban J connectivity index is 1.78. The third kappa shape index (κ3) is 15.5. The van der Waals surface area contributed by atoms with Gasteiger partial charge >= 0.3 is 5.97 Å². The maximum atomic E-state index is 14.7. The zero-order chi connectivity index (χ0) is 41.4. The molecule has 0 bridgehead atoms. The SMILES string of the molecule is CCCCC(NC(=O)CCC(=O)C(=O)C(CCC)CC(=O)[C@@H]1C[C@@H](OCC(=O)OC(C)(C)C)CN1C(=O)C(CC(=O)CC1CCCC1)C1CCCCC1)C(N)=O. The number of amides is 3. The third-order valence-electron chi connectivity index (χ3n) is 11.6. The number of nitrogens with one attached hydrogen (secondary N) is 1. The number of hydrogen-bond donors (Lipinski definition) is 2. The number of primary amides is 1. The molecule has 0 radical (unpaired) electrons. The number of ether oxygens (including phenoxy) is 2. The number of rotatable bonds is 24. The molecule has 3 aliphatic rings. The fourth-order valence-electron chi connectivity index (χ4n) is 8.69. The molecule has 3 unspecified atom stereocenters. The summed E-state index contributed by atoms with van der Waals surface area (Å²) >= 11 is 0. The molecular formula is C43H69N3O10. The minimum absolute atomic E-state index is 0.00963. The van der Waals surface area contributed by atoms with Gasteiger partial charge in [-0.25, -0.2) is 4.79 Å². The van der Waals surface area contributed by atoms with Crippen LogP contribution in [0.1, 0.15) is 163 Å². The second kappa shape index (κ2) is 23.1. The van der Waals surface area contributed by atoms with Crippen molar-refractivity contribution in [2.75, 3.05) is 13.2 Å². The lowest BCUT2D eigenvalue weighted by molar-refractivity contribution is -0.162. The number of likely N-dealkylation sites (tertiary alicyclic amines) is 1. The Morgan fingerprint density at radius 2 is 1.50 bits per heavy atom. The molecule has 13 nitrogen and oxygen atoms in total. The second-order valence-electron chi connectivity index (χ2n) is 17.5. The number of carbonyl (C=O) groups is 8. The summed E-state index contributed by atoms with van der Waals surface area (Å²) in [6, 6.07) is -1.83. The average Bonchev–Trinajstić information content (AvgIpc) is 3.83. The number of carbonyl (C=O) groups excluding carboxylic acids is 8. The van der Waals surface area contributed by atoms with Gasteiger partial charge < -0.3 is 25.4 Å². The summed E-state index contributed by atoms with van der Waals surface area (Å²) < 4.78 is 11.4. The molecule has 1 saturated heterocycles. The average molecular weight is 788 g/mol. The van der Waals surface area contributed by atoms with Gasteiger partial charge in [0, 0.05) is 56.9 Å². The molecule has 2 saturated carbocycles. The van der Waals surface area contributed by atoms with E-state index in [1.807, 2.05) is 13.8 Å². The summed E-state index contributed by atoms with van der Waals surface area (Å²) in [6.45, 7) is 8.70. The predicted molar refractivity (Wildman–Crippen MR) is 210 cm³/mol. The Morgan fingerprint density at radius 3 is 2.11 bits per heavy atom. The first-order valence-electron chi connectivity index (χ1n) is 21.4. The van der Waals surface area contributed by atoms with Crippen LogP contribution in [0.5, 0.6) is 0 Å². The Hall–Kier alpha value is -3.48. The summed E-state index contributed by atoms with van der Waals surface area (Å²) in [5, 5.41) is 2.55. The quantitative estimate of drug-likeness (QED) is 0.0931. The maximum Gasteiger partial charge on any atom is 0.332 e. The number of nitrogens with zero attached hydrogens (tertiary/aromatic N) is 1. The van der Waals surface area contributed by atoms with Crippen molar-refractivity contribution >= 4 is 46.8 Å². The number of hydrogen-bond acceptors (Lipinski definition) is 10. The van der Waals surface area contributed by atoms with E-state index < -0.39 is 65.0 Å². The highest BCUT2D eigenvalue weighted by molar-refractivity contribution is 6.38. The normalized spacial score (nSPS) is 20.9. The molecular weight excluding hydrogens is 718 g/mol. The Labute approximate surface area is 333 Å². The van der Waals surface area contributed by atoms with Crippen LogP contribution in [0.3, 0.4) is 0 Å². The van der Waals surface area contributed by atoms with Crippen molar-refractivity contribution in [2.24, 2.45) is 29.4 Å². The van der Waals surface area contributed by atoms with E-state index in [1.54, 1.807) is 20.8 Å². The molecule has 0 aromatic heterocycles. The van der Waals surface area contributed by atoms with E-state index in [-0.39, 0.29) is 75.1 Å². The number of Topliss-reactive ketones (excluding diaryl/α,β-unsaturated/α-hetero) is 4. The van der Waals surface area contributed by atoms with Gasteiger partial charge in [-0.05, 0) is 58.3 Å². The predicted octanol–water partition coefficient (Wildman–Crippen LogP) is 5.50. The molecule has 13 heteroatoms. The van der Waals surface area contributed by atoms with Crippen LogP contribution in [0.15, 0.2) is 0 Å². The van der Waals surface area contributed by atoms with Gasteiger partial charge in [-0.3, -0.25) is 33.6 Å². The van der Waals surface area contributed by atoms with Gasteiger partial charge in [0.05, 0.1) is 12.1 Å². The smallest absolute Gasteiger partial charge is 0.332 e. The first-order chi connectivity index (χ1) is 26.5. The van der Waals surface area contributed by atoms with Crippen LogP contribution in [0.4, 0.5) is 0 Å². The van der Waals surface area contributed by atoms with Crippen molar-refractivity contribution in [3.8, 4) is 0 Å². The molecule has 2 aliphatic carbocycles. The number of nitrogens with two attached hydrogens (primary N) is 1. The highest BCUT2D eigenvalue weighted by atomic mass is 16.6. The van der Waals surface area contributed by atoms with Crippen LogP contribution in [-0.2, 0) is 47.8 Å². The van der Waals surface area contributed by atoms with E-state index in [0.717, 1.165) is 64.2 Å². The van der Waals surface area contributed by atoms with Gasteiger partial charge in [-0.2, -0.15) is 0 Å². The lowest BCUT2D eigenvalue weighted by atomic mass is 9.76. The van der Waals surface area contributed by atoms with Gasteiger partial charge in [-0.15, -0.1) is 0 Å². The first kappa shape index (κ1) is 46.9. The van der Waals surface area contributed by atoms with Crippen molar-refractivity contribution < 1.29 is 47.8 Å². The Morgan fingerprint density at radius 1 is 0.839 bits per heavy atom. The van der Waals surface area contributed by atoms with Gasteiger partial charge in [0.2, 0.25) is 23.5 Å². The van der Waals surface area contributed by atoms with E-state index in [9.17, 15) is 38.4 Å². The fourth-order valence-corrected chi connectivity index (χ4v) is 8.69. The second-order valence-corrected chi connectivity index (χ2v) is 17.5. The van der Waals surface area contributed by atoms with Crippen LogP contribution in [-0.4, -0.2) is 88.7 Å². The summed E-state index contributed by atoms with van der Waals surface area (Å²) in [5.74, 6) is -5.12. The minimum atomic E-state index is -0.968. The van der Waals surface area contributed by atoms with E-state index in [0.29, 0.717) is 31.6 Å². The first-order valence-corrected chi connectivity index (χ1v) is 21.4. The van der Waals surface area contributed by atoms with Gasteiger partial charge in [0.15, 0.2) is 11.6 Å². The van der Waals surface area contributed by atoms with Crippen LogP contribution >= 0.6 is 0 Å². The summed E-state index contributed by atoms with van der Waals surface area (Å²) in [4.78, 5) is 107. The molecule has 1 heterocycles. The zero-order valence-electron chi connectivity index (χ0n) is 34.7. The zero-order valence-corrected chi connectivity index (χ0v) is 34.7. The lowest BCUT2D eigenvalue weighted by Gasteiger charge is -2.34. The van der Waals surface area contributed by atoms with Crippen LogP contribution in [0.2, 0.25) is 0 Å². The Kier molecular flexibility index (Phi) is 19.3. The molecule has 5 atom stereocenters. The van der Waals surface area contributed by atoms with Gasteiger partial charge in [0.25, 0.3) is 0 Å². The number of ketones is 4. The van der Waals surface area contributed by atoms with Crippen molar-refractivity contribution in [1.29, 1.82) is 0 Å². The monoisotopic (exact) mass is 787 g/mol. The van der Waals surface area contributed by atoms with Crippen LogP contribution in [0.25, 0.3) is 0 Å². The third-order valence-corrected chi connectivity index (χ3v) is 11.6. The van der Waals surface area contributed by atoms with E-state index in [2.05, 4.69) is 5.32 Å². The van der Waals surface area contributed by atoms with Crippen molar-refractivity contribution in [2.45, 2.75) is 187 Å². The van der Waals surface area contributed by atoms with Crippen molar-refractivity contribution in [1.82, 2.24) is 10.2 Å². The molecule has 3 amide bonds. The number of esters is 1. The van der Waals surface area contributed by atoms with Gasteiger partial charge in [0.1, 0.15) is 24.0 Å². The summed E-state index contributed by atoms with van der Waals surface area (Å²) in [6.07, 6.45) is 10.6. The molecule has 56 heavy (non-hydrogen) atoms. The largest absolute Gasteiger partial charge is 0.458 e. The van der Waals surface area contributed by atoms with Crippen LogP contribution < -0.4 is 11.1 Å². The molecule has 3 fully saturated rings. The van der Waals surface area contributed by atoms with E-state index >= 15 is 0 Å². The molecule has 0 spiro atoms. The lowest BCUT2D eigenvalue weighted by Crippen LogP contribution is -2.47. The molecule has 0 aromatic carbocycles. The Bertz CT molecular complexity index is 1380. The summed E-state index contributed by atoms with van der Waals surface area (Å²) in [5.41, 5.74) is 4.70. The molecule has 1 aliphatic heterocycles. The molecule has 0 aromatic rings. The van der Waals surface area contributed by atoms with E-state index in [4.69, 9.17) is 15.2 Å². The van der Waals surface area contributed by atoms with Crippen LogP contribution in [0, 0.1) is 23.7 Å². The topological polar surface area (TPSA) is 196 Å². The summed E-state index contributed by atoms with van der Waals surface area (Å²) in [7, 11) is 0. The van der Waals surface area contributed by atoms with Gasteiger partial charge in [-0.1, -0.05) is 78.1 Å². The minimum Gasteiger partial charge on any atom is -0.458 e. The maximum absolute atomic E-state index is 14.7. The fraction of sp³-hybridized carbons (Fsp3) is 0.814. The molecule has 316 valence electrons.